The number of anilines is 1. The zero-order chi connectivity index (χ0) is 13.5. The summed E-state index contributed by atoms with van der Waals surface area (Å²) >= 11 is 5.93. The maximum Gasteiger partial charge on any atom is 0.129 e. The van der Waals surface area contributed by atoms with Gasteiger partial charge in [0.2, 0.25) is 0 Å². The lowest BCUT2D eigenvalue weighted by molar-refractivity contribution is 0.280. The Balaban J connectivity index is 1.72. The highest BCUT2D eigenvalue weighted by molar-refractivity contribution is 6.30. The fraction of sp³-hybridized carbons (Fsp3) is 0.188. The second kappa shape index (κ2) is 4.53. The Kier molecular flexibility index (Phi) is 2.67. The minimum Gasteiger partial charge on any atom is -0.492 e. The van der Waals surface area contributed by atoms with Crippen molar-refractivity contribution in [2.24, 2.45) is 11.0 Å². The molecule has 20 heavy (non-hydrogen) atoms. The minimum absolute atomic E-state index is 0.320. The average Bonchev–Trinajstić information content (AvgIpc) is 2.92. The van der Waals surface area contributed by atoms with Crippen molar-refractivity contribution >= 4 is 23.0 Å². The summed E-state index contributed by atoms with van der Waals surface area (Å²) in [7, 11) is 0. The lowest BCUT2D eigenvalue weighted by atomic mass is 9.95. The van der Waals surface area contributed by atoms with E-state index in [0.717, 1.165) is 34.3 Å². The molecule has 1 atom stereocenters. The Morgan fingerprint density at radius 2 is 2.10 bits per heavy atom. The second-order valence-corrected chi connectivity index (χ2v) is 5.41. The summed E-state index contributed by atoms with van der Waals surface area (Å²) in [5.41, 5.74) is 3.24. The van der Waals surface area contributed by atoms with Crippen LogP contribution in [0.15, 0.2) is 47.6 Å². The Hall–Kier alpha value is -2.00. The van der Waals surface area contributed by atoms with Gasteiger partial charge in [0.25, 0.3) is 0 Å². The molecule has 99 valence electrons. The van der Waals surface area contributed by atoms with Crippen LogP contribution in [0, 0.1) is 12.0 Å². The van der Waals surface area contributed by atoms with Gasteiger partial charge >= 0.3 is 0 Å². The average molecular weight is 284 g/mol. The van der Waals surface area contributed by atoms with E-state index in [-0.39, 0.29) is 0 Å². The third-order valence-electron chi connectivity index (χ3n) is 3.68. The summed E-state index contributed by atoms with van der Waals surface area (Å²) in [5.74, 6) is 1.20. The van der Waals surface area contributed by atoms with E-state index in [9.17, 15) is 0 Å². The van der Waals surface area contributed by atoms with Crippen molar-refractivity contribution < 1.29 is 4.74 Å². The van der Waals surface area contributed by atoms with Gasteiger partial charge in [0, 0.05) is 10.6 Å². The van der Waals surface area contributed by atoms with Crippen LogP contribution >= 0.6 is 11.6 Å². The van der Waals surface area contributed by atoms with Gasteiger partial charge in [-0.2, -0.15) is 5.10 Å². The molecule has 0 saturated carbocycles. The number of hydrogen-bond donors (Lipinski definition) is 0. The quantitative estimate of drug-likeness (QED) is 0.801. The largest absolute Gasteiger partial charge is 0.492 e. The van der Waals surface area contributed by atoms with E-state index in [1.165, 1.54) is 0 Å². The van der Waals surface area contributed by atoms with Crippen LogP contribution in [0.3, 0.4) is 0 Å². The molecule has 0 N–H and O–H groups in total. The minimum atomic E-state index is 0.320. The van der Waals surface area contributed by atoms with E-state index in [4.69, 9.17) is 21.4 Å². The highest BCUT2D eigenvalue weighted by atomic mass is 35.5. The number of rotatable bonds is 1. The molecular formula is C16H12ClN2O. The first kappa shape index (κ1) is 11.8. The fourth-order valence-electron chi connectivity index (χ4n) is 2.67. The Bertz CT molecular complexity index is 681. The number of fused-ring (bicyclic) bond motifs is 3. The van der Waals surface area contributed by atoms with Gasteiger partial charge in [-0.1, -0.05) is 17.7 Å². The molecule has 0 aliphatic carbocycles. The van der Waals surface area contributed by atoms with Crippen LogP contribution in [0.5, 0.6) is 5.75 Å². The van der Waals surface area contributed by atoms with E-state index < -0.39 is 0 Å². The van der Waals surface area contributed by atoms with Crippen molar-refractivity contribution in [2.45, 2.75) is 0 Å². The molecule has 1 unspecified atom stereocenters. The third kappa shape index (κ3) is 1.86. The van der Waals surface area contributed by atoms with E-state index in [0.29, 0.717) is 12.5 Å². The van der Waals surface area contributed by atoms with Crippen LogP contribution in [-0.2, 0) is 0 Å². The number of benzene rings is 2. The number of nitrogens with zero attached hydrogens (tertiary/aromatic N) is 2. The molecule has 3 nitrogen and oxygen atoms in total. The van der Waals surface area contributed by atoms with E-state index in [2.05, 4.69) is 6.07 Å². The normalized spacial score (nSPS) is 19.9. The fourth-order valence-corrected chi connectivity index (χ4v) is 2.79. The SMILES string of the molecule is Clc1ccc(N2CC3COc4c[c]ccc4C3=N2)cc1. The van der Waals surface area contributed by atoms with Crippen LogP contribution in [-0.4, -0.2) is 18.9 Å². The number of hydrazone groups is 1. The third-order valence-corrected chi connectivity index (χ3v) is 3.93. The van der Waals surface area contributed by atoms with Crippen LogP contribution in [0.4, 0.5) is 5.69 Å². The summed E-state index contributed by atoms with van der Waals surface area (Å²) < 4.78 is 5.78. The maximum absolute atomic E-state index is 5.93. The topological polar surface area (TPSA) is 24.8 Å². The van der Waals surface area contributed by atoms with Gasteiger partial charge in [-0.25, -0.2) is 0 Å². The molecule has 2 aliphatic rings. The number of ether oxygens (including phenoxy) is 1. The summed E-state index contributed by atoms with van der Waals surface area (Å²) in [6, 6.07) is 16.6. The molecule has 2 aromatic rings. The van der Waals surface area contributed by atoms with Crippen LogP contribution in [0.1, 0.15) is 5.56 Å². The Morgan fingerprint density at radius 1 is 1.25 bits per heavy atom. The van der Waals surface area contributed by atoms with Gasteiger partial charge < -0.3 is 4.74 Å². The molecule has 0 saturated heterocycles. The first-order chi connectivity index (χ1) is 9.81. The van der Waals surface area contributed by atoms with Crippen molar-refractivity contribution in [3.63, 3.8) is 0 Å². The van der Waals surface area contributed by atoms with Gasteiger partial charge in [0.1, 0.15) is 5.75 Å². The Labute approximate surface area is 122 Å². The van der Waals surface area contributed by atoms with Gasteiger partial charge in [-0.15, -0.1) is 0 Å². The monoisotopic (exact) mass is 283 g/mol. The predicted octanol–water partition coefficient (Wildman–Crippen LogP) is 3.37. The highest BCUT2D eigenvalue weighted by Gasteiger charge is 2.33. The molecule has 0 fully saturated rings. The summed E-state index contributed by atoms with van der Waals surface area (Å²) in [5, 5.41) is 7.52. The van der Waals surface area contributed by atoms with E-state index >= 15 is 0 Å². The van der Waals surface area contributed by atoms with Crippen molar-refractivity contribution in [1.29, 1.82) is 0 Å². The lowest BCUT2D eigenvalue weighted by Crippen LogP contribution is -2.29. The molecular weight excluding hydrogens is 272 g/mol. The summed E-state index contributed by atoms with van der Waals surface area (Å²) in [6.45, 7) is 1.52. The zero-order valence-electron chi connectivity index (χ0n) is 10.7. The van der Waals surface area contributed by atoms with Gasteiger partial charge in [0.05, 0.1) is 30.5 Å². The van der Waals surface area contributed by atoms with Gasteiger partial charge in [0.15, 0.2) is 0 Å². The molecule has 0 spiro atoms. The van der Waals surface area contributed by atoms with Gasteiger partial charge in [-0.3, -0.25) is 5.01 Å². The number of halogens is 1. The van der Waals surface area contributed by atoms with Crippen molar-refractivity contribution in [3.05, 3.63) is 59.1 Å². The van der Waals surface area contributed by atoms with Crippen LogP contribution in [0.25, 0.3) is 0 Å². The lowest BCUT2D eigenvalue weighted by Gasteiger charge is -2.22. The molecule has 4 rings (SSSR count). The highest BCUT2D eigenvalue weighted by Crippen LogP contribution is 2.33. The molecule has 0 aromatic heterocycles. The van der Waals surface area contributed by atoms with Crippen LogP contribution < -0.4 is 9.75 Å². The van der Waals surface area contributed by atoms with Crippen molar-refractivity contribution in [2.75, 3.05) is 18.2 Å². The summed E-state index contributed by atoms with van der Waals surface area (Å²) in [6.07, 6.45) is 0. The van der Waals surface area contributed by atoms with E-state index in [1.807, 2.05) is 47.5 Å². The maximum atomic E-state index is 5.93. The smallest absolute Gasteiger partial charge is 0.129 e. The molecule has 2 aliphatic heterocycles. The van der Waals surface area contributed by atoms with Crippen molar-refractivity contribution in [3.8, 4) is 5.75 Å². The number of hydrogen-bond acceptors (Lipinski definition) is 3. The second-order valence-electron chi connectivity index (χ2n) is 4.97. The first-order valence-electron chi connectivity index (χ1n) is 6.56. The Morgan fingerprint density at radius 3 is 2.95 bits per heavy atom. The molecule has 1 radical (unpaired) electrons. The predicted molar refractivity (Wildman–Crippen MR) is 79.6 cm³/mol. The zero-order valence-corrected chi connectivity index (χ0v) is 11.5. The first-order valence-corrected chi connectivity index (χ1v) is 6.94. The molecule has 4 heteroatoms. The summed E-state index contributed by atoms with van der Waals surface area (Å²) in [4.78, 5) is 0. The van der Waals surface area contributed by atoms with Crippen molar-refractivity contribution in [1.82, 2.24) is 0 Å². The standard InChI is InChI=1S/C16H12ClN2O/c17-12-5-7-13(8-6-12)19-9-11-10-20-15-4-2-1-3-14(15)16(11)18-19/h1,3-8,11H,9-10H2. The molecule has 2 aromatic carbocycles. The van der Waals surface area contributed by atoms with E-state index in [1.54, 1.807) is 0 Å². The molecule has 0 bridgehead atoms. The molecule has 2 heterocycles. The molecule has 0 amide bonds. The van der Waals surface area contributed by atoms with Gasteiger partial charge in [-0.05, 0) is 42.5 Å². The van der Waals surface area contributed by atoms with Crippen LogP contribution in [0.2, 0.25) is 5.02 Å².